The number of methoxy groups -OCH3 is 2. The molecule has 0 saturated heterocycles. The number of aromatic nitrogens is 3. The minimum Gasteiger partial charge on any atom is -0.497 e. The highest BCUT2D eigenvalue weighted by molar-refractivity contribution is 7.99. The lowest BCUT2D eigenvalue weighted by Crippen LogP contribution is -2.24. The second-order valence-corrected chi connectivity index (χ2v) is 7.92. The van der Waals surface area contributed by atoms with Crippen molar-refractivity contribution in [1.29, 1.82) is 0 Å². The number of carbonyl (C=O) groups is 1. The van der Waals surface area contributed by atoms with Gasteiger partial charge in [0.05, 0.1) is 7.11 Å². The maximum absolute atomic E-state index is 11.9. The van der Waals surface area contributed by atoms with E-state index in [1.165, 1.54) is 0 Å². The third-order valence-electron chi connectivity index (χ3n) is 4.60. The quantitative estimate of drug-likeness (QED) is 0.339. The van der Waals surface area contributed by atoms with E-state index in [9.17, 15) is 4.79 Å². The minimum absolute atomic E-state index is 0.0679. The summed E-state index contributed by atoms with van der Waals surface area (Å²) in [5.41, 5.74) is 1.92. The van der Waals surface area contributed by atoms with E-state index >= 15 is 0 Å². The van der Waals surface area contributed by atoms with Gasteiger partial charge in [0.1, 0.15) is 5.75 Å². The van der Waals surface area contributed by atoms with E-state index in [0.29, 0.717) is 19.6 Å². The number of carbonyl (C=O) groups excluding carboxylic acids is 1. The average molecular weight is 441 g/mol. The highest BCUT2D eigenvalue weighted by atomic mass is 32.2. The number of nitrogens with zero attached hydrogens (tertiary/aromatic N) is 3. The van der Waals surface area contributed by atoms with Crippen LogP contribution in [0.5, 0.6) is 5.75 Å². The van der Waals surface area contributed by atoms with Gasteiger partial charge >= 0.3 is 0 Å². The van der Waals surface area contributed by atoms with Crippen LogP contribution in [0.1, 0.15) is 19.3 Å². The summed E-state index contributed by atoms with van der Waals surface area (Å²) < 4.78 is 12.4. The lowest BCUT2D eigenvalue weighted by molar-refractivity contribution is -0.121. The molecule has 1 amide bonds. The fraction of sp³-hybridized carbons (Fsp3) is 0.348. The molecular formula is C23H28N4O3S. The molecule has 0 aliphatic carbocycles. The molecule has 1 aromatic heterocycles. The highest BCUT2D eigenvalue weighted by Crippen LogP contribution is 2.30. The van der Waals surface area contributed by atoms with Gasteiger partial charge in [0, 0.05) is 43.7 Å². The second-order valence-electron chi connectivity index (χ2n) is 6.86. The SMILES string of the molecule is COCCCNC(=O)CCCSc1nnc(-c2cccc(OC)c2)n1-c1ccccc1. The predicted octanol–water partition coefficient (Wildman–Crippen LogP) is 3.97. The fourth-order valence-electron chi connectivity index (χ4n) is 3.05. The number of nitrogens with one attached hydrogen (secondary N) is 1. The summed E-state index contributed by atoms with van der Waals surface area (Å²) in [7, 11) is 3.31. The van der Waals surface area contributed by atoms with Gasteiger partial charge in [0.25, 0.3) is 0 Å². The largest absolute Gasteiger partial charge is 0.497 e. The van der Waals surface area contributed by atoms with Crippen molar-refractivity contribution in [2.45, 2.75) is 24.4 Å². The monoisotopic (exact) mass is 440 g/mol. The first-order valence-electron chi connectivity index (χ1n) is 10.3. The van der Waals surface area contributed by atoms with Gasteiger partial charge in [-0.05, 0) is 37.1 Å². The van der Waals surface area contributed by atoms with Crippen molar-refractivity contribution in [1.82, 2.24) is 20.1 Å². The lowest BCUT2D eigenvalue weighted by atomic mass is 10.2. The van der Waals surface area contributed by atoms with E-state index < -0.39 is 0 Å². The normalized spacial score (nSPS) is 10.8. The third-order valence-corrected chi connectivity index (χ3v) is 5.62. The van der Waals surface area contributed by atoms with Gasteiger partial charge in [-0.3, -0.25) is 9.36 Å². The number of rotatable bonds is 12. The van der Waals surface area contributed by atoms with Crippen molar-refractivity contribution in [2.75, 3.05) is 33.1 Å². The van der Waals surface area contributed by atoms with Crippen molar-refractivity contribution in [3.63, 3.8) is 0 Å². The molecule has 0 atom stereocenters. The first-order chi connectivity index (χ1) is 15.2. The van der Waals surface area contributed by atoms with Gasteiger partial charge in [0.15, 0.2) is 11.0 Å². The number of hydrogen-bond acceptors (Lipinski definition) is 6. The molecule has 0 aliphatic heterocycles. The van der Waals surface area contributed by atoms with Crippen LogP contribution in [0.15, 0.2) is 59.8 Å². The van der Waals surface area contributed by atoms with Gasteiger partial charge in [-0.25, -0.2) is 0 Å². The van der Waals surface area contributed by atoms with Crippen molar-refractivity contribution in [3.05, 3.63) is 54.6 Å². The average Bonchev–Trinajstić information content (AvgIpc) is 3.24. The van der Waals surface area contributed by atoms with Gasteiger partial charge in [-0.2, -0.15) is 0 Å². The zero-order valence-electron chi connectivity index (χ0n) is 17.9. The van der Waals surface area contributed by atoms with Gasteiger partial charge in [-0.1, -0.05) is 42.1 Å². The van der Waals surface area contributed by atoms with E-state index in [2.05, 4.69) is 15.5 Å². The van der Waals surface area contributed by atoms with Crippen LogP contribution in [0, 0.1) is 0 Å². The number of para-hydroxylation sites is 1. The molecule has 7 nitrogen and oxygen atoms in total. The Bertz CT molecular complexity index is 962. The van der Waals surface area contributed by atoms with Crippen LogP contribution in [-0.4, -0.2) is 53.8 Å². The molecule has 0 saturated carbocycles. The van der Waals surface area contributed by atoms with Crippen LogP contribution in [0.2, 0.25) is 0 Å². The molecule has 0 unspecified atom stereocenters. The number of benzene rings is 2. The predicted molar refractivity (Wildman–Crippen MR) is 123 cm³/mol. The summed E-state index contributed by atoms with van der Waals surface area (Å²) in [4.78, 5) is 11.9. The standard InChI is InChI=1S/C23H28N4O3S/c1-29-15-8-14-24-21(28)13-7-16-31-23-26-25-22(18-9-6-12-20(17-18)30-2)27(23)19-10-4-3-5-11-19/h3-6,9-12,17H,7-8,13-16H2,1-2H3,(H,24,28). The van der Waals surface area contributed by atoms with Gasteiger partial charge in [0.2, 0.25) is 5.91 Å². The molecule has 0 spiro atoms. The molecule has 1 N–H and O–H groups in total. The summed E-state index contributed by atoms with van der Waals surface area (Å²) in [6, 6.07) is 17.8. The Morgan fingerprint density at radius 2 is 1.90 bits per heavy atom. The summed E-state index contributed by atoms with van der Waals surface area (Å²) in [5, 5.41) is 12.6. The molecule has 0 radical (unpaired) electrons. The van der Waals surface area contributed by atoms with Crippen LogP contribution >= 0.6 is 11.8 Å². The van der Waals surface area contributed by atoms with Crippen LogP contribution < -0.4 is 10.1 Å². The van der Waals surface area contributed by atoms with E-state index in [1.807, 2.05) is 59.2 Å². The molecule has 3 aromatic rings. The van der Waals surface area contributed by atoms with Crippen LogP contribution in [0.25, 0.3) is 17.1 Å². The van der Waals surface area contributed by atoms with Gasteiger partial charge in [-0.15, -0.1) is 10.2 Å². The fourth-order valence-corrected chi connectivity index (χ4v) is 3.94. The first kappa shape index (κ1) is 22.8. The first-order valence-corrected chi connectivity index (χ1v) is 11.2. The topological polar surface area (TPSA) is 78.3 Å². The Labute approximate surface area is 187 Å². The Balaban J connectivity index is 1.68. The zero-order valence-corrected chi connectivity index (χ0v) is 18.7. The molecule has 31 heavy (non-hydrogen) atoms. The number of amides is 1. The van der Waals surface area contributed by atoms with Crippen molar-refractivity contribution < 1.29 is 14.3 Å². The molecule has 0 bridgehead atoms. The third kappa shape index (κ3) is 6.57. The lowest BCUT2D eigenvalue weighted by Gasteiger charge is -2.11. The Morgan fingerprint density at radius 3 is 2.68 bits per heavy atom. The maximum Gasteiger partial charge on any atom is 0.220 e. The van der Waals surface area contributed by atoms with Crippen molar-refractivity contribution in [2.24, 2.45) is 0 Å². The Kier molecular flexibility index (Phi) is 8.93. The van der Waals surface area contributed by atoms with E-state index in [4.69, 9.17) is 9.47 Å². The van der Waals surface area contributed by atoms with Crippen molar-refractivity contribution in [3.8, 4) is 22.8 Å². The molecule has 0 fully saturated rings. The van der Waals surface area contributed by atoms with Crippen LogP contribution in [0.4, 0.5) is 0 Å². The maximum atomic E-state index is 11.9. The number of ether oxygens (including phenoxy) is 2. The van der Waals surface area contributed by atoms with E-state index in [-0.39, 0.29) is 5.91 Å². The van der Waals surface area contributed by atoms with Crippen LogP contribution in [-0.2, 0) is 9.53 Å². The molecular weight excluding hydrogens is 412 g/mol. The molecule has 8 heteroatoms. The van der Waals surface area contributed by atoms with Crippen molar-refractivity contribution >= 4 is 17.7 Å². The molecule has 164 valence electrons. The van der Waals surface area contributed by atoms with E-state index in [0.717, 1.165) is 46.6 Å². The zero-order chi connectivity index (χ0) is 21.9. The van der Waals surface area contributed by atoms with Crippen LogP contribution in [0.3, 0.4) is 0 Å². The second kappa shape index (κ2) is 12.1. The Morgan fingerprint density at radius 1 is 1.06 bits per heavy atom. The molecule has 3 rings (SSSR count). The van der Waals surface area contributed by atoms with Gasteiger partial charge < -0.3 is 14.8 Å². The summed E-state index contributed by atoms with van der Waals surface area (Å²) in [6.45, 7) is 1.30. The Hall–Kier alpha value is -2.84. The van der Waals surface area contributed by atoms with E-state index in [1.54, 1.807) is 26.0 Å². The minimum atomic E-state index is 0.0679. The number of thioether (sulfide) groups is 1. The summed E-state index contributed by atoms with van der Waals surface area (Å²) >= 11 is 1.60. The molecule has 2 aromatic carbocycles. The molecule has 1 heterocycles. The molecule has 0 aliphatic rings. The highest BCUT2D eigenvalue weighted by Gasteiger charge is 2.16. The summed E-state index contributed by atoms with van der Waals surface area (Å²) in [5.74, 6) is 2.36. The number of hydrogen-bond donors (Lipinski definition) is 1. The summed E-state index contributed by atoms with van der Waals surface area (Å²) in [6.07, 6.45) is 2.07. The smallest absolute Gasteiger partial charge is 0.220 e.